The largest absolute Gasteiger partial charge is 0.316 e. The minimum absolute atomic E-state index is 0.840. The first-order chi connectivity index (χ1) is 6.38. The third-order valence-corrected chi connectivity index (χ3v) is 2.91. The molecule has 2 aliphatic rings. The summed E-state index contributed by atoms with van der Waals surface area (Å²) in [5, 5.41) is 3.30. The maximum atomic E-state index is 5.35. The Balaban J connectivity index is 1.70. The Morgan fingerprint density at radius 2 is 1.92 bits per heavy atom. The average Bonchev–Trinajstić information content (AvgIpc) is 2.81. The quantitative estimate of drug-likeness (QED) is 0.619. The van der Waals surface area contributed by atoms with Crippen LogP contribution in [0.2, 0.25) is 0 Å². The standard InChI is InChI=1S/C11H18N2/c1-2-5-13(8-10-3-4-10)9-11-6-12-7-11/h1,10-12H,3-9H2. The Morgan fingerprint density at radius 1 is 1.23 bits per heavy atom. The summed E-state index contributed by atoms with van der Waals surface area (Å²) >= 11 is 0. The summed E-state index contributed by atoms with van der Waals surface area (Å²) in [4.78, 5) is 2.45. The van der Waals surface area contributed by atoms with Gasteiger partial charge in [0.05, 0.1) is 6.54 Å². The molecule has 2 heteroatoms. The molecule has 1 heterocycles. The molecule has 0 radical (unpaired) electrons. The molecule has 1 aliphatic carbocycles. The molecule has 2 fully saturated rings. The van der Waals surface area contributed by atoms with Gasteiger partial charge in [-0.15, -0.1) is 6.42 Å². The lowest BCUT2D eigenvalue weighted by Gasteiger charge is -2.32. The van der Waals surface area contributed by atoms with Crippen LogP contribution in [-0.2, 0) is 0 Å². The van der Waals surface area contributed by atoms with Gasteiger partial charge in [-0.2, -0.15) is 0 Å². The van der Waals surface area contributed by atoms with E-state index in [1.807, 2.05) is 0 Å². The van der Waals surface area contributed by atoms with Crippen LogP contribution in [0.25, 0.3) is 0 Å². The zero-order valence-electron chi connectivity index (χ0n) is 8.13. The van der Waals surface area contributed by atoms with Crippen LogP contribution in [-0.4, -0.2) is 37.6 Å². The maximum absolute atomic E-state index is 5.35. The van der Waals surface area contributed by atoms with Crippen molar-refractivity contribution in [2.24, 2.45) is 11.8 Å². The predicted molar refractivity (Wildman–Crippen MR) is 54.4 cm³/mol. The molecule has 1 aliphatic heterocycles. The highest BCUT2D eigenvalue weighted by Crippen LogP contribution is 2.29. The summed E-state index contributed by atoms with van der Waals surface area (Å²) in [6.07, 6.45) is 8.19. The van der Waals surface area contributed by atoms with Gasteiger partial charge in [-0.1, -0.05) is 5.92 Å². The minimum Gasteiger partial charge on any atom is -0.316 e. The summed E-state index contributed by atoms with van der Waals surface area (Å²) in [5.41, 5.74) is 0. The van der Waals surface area contributed by atoms with Gasteiger partial charge in [0, 0.05) is 26.2 Å². The Kier molecular flexibility index (Phi) is 2.87. The van der Waals surface area contributed by atoms with E-state index >= 15 is 0 Å². The second-order valence-electron chi connectivity index (χ2n) is 4.37. The minimum atomic E-state index is 0.840. The van der Waals surface area contributed by atoms with Crippen LogP contribution in [0.4, 0.5) is 0 Å². The fourth-order valence-corrected chi connectivity index (χ4v) is 1.84. The van der Waals surface area contributed by atoms with E-state index < -0.39 is 0 Å². The van der Waals surface area contributed by atoms with Crippen molar-refractivity contribution in [1.82, 2.24) is 10.2 Å². The normalized spacial score (nSPS) is 22.8. The number of terminal acetylenes is 1. The molecule has 0 aromatic heterocycles. The first-order valence-electron chi connectivity index (χ1n) is 5.25. The van der Waals surface area contributed by atoms with E-state index in [2.05, 4.69) is 16.1 Å². The van der Waals surface area contributed by atoms with Gasteiger partial charge >= 0.3 is 0 Å². The number of rotatable bonds is 5. The zero-order valence-corrected chi connectivity index (χ0v) is 8.13. The molecule has 1 saturated carbocycles. The number of nitrogens with one attached hydrogen (secondary N) is 1. The monoisotopic (exact) mass is 178 g/mol. The van der Waals surface area contributed by atoms with E-state index in [4.69, 9.17) is 6.42 Å². The molecule has 0 aromatic carbocycles. The molecular weight excluding hydrogens is 160 g/mol. The second-order valence-corrected chi connectivity index (χ2v) is 4.37. The van der Waals surface area contributed by atoms with E-state index in [9.17, 15) is 0 Å². The third kappa shape index (κ3) is 2.72. The second kappa shape index (κ2) is 4.13. The molecule has 0 amide bonds. The smallest absolute Gasteiger partial charge is 0.0599 e. The first-order valence-corrected chi connectivity index (χ1v) is 5.25. The maximum Gasteiger partial charge on any atom is 0.0599 e. The van der Waals surface area contributed by atoms with E-state index in [-0.39, 0.29) is 0 Å². The molecule has 13 heavy (non-hydrogen) atoms. The molecule has 0 aromatic rings. The molecule has 0 unspecified atom stereocenters. The van der Waals surface area contributed by atoms with Crippen LogP contribution in [0.1, 0.15) is 12.8 Å². The molecular formula is C11H18N2. The number of hydrogen-bond acceptors (Lipinski definition) is 2. The van der Waals surface area contributed by atoms with Crippen LogP contribution >= 0.6 is 0 Å². The Morgan fingerprint density at radius 3 is 2.38 bits per heavy atom. The van der Waals surface area contributed by atoms with Crippen molar-refractivity contribution in [2.45, 2.75) is 12.8 Å². The Hall–Kier alpha value is -0.520. The number of hydrogen-bond donors (Lipinski definition) is 1. The lowest BCUT2D eigenvalue weighted by Crippen LogP contribution is -2.48. The van der Waals surface area contributed by atoms with Crippen molar-refractivity contribution in [1.29, 1.82) is 0 Å². The van der Waals surface area contributed by atoms with Crippen molar-refractivity contribution >= 4 is 0 Å². The van der Waals surface area contributed by atoms with Gasteiger partial charge in [-0.3, -0.25) is 4.90 Å². The Labute approximate surface area is 80.7 Å². The van der Waals surface area contributed by atoms with E-state index in [1.165, 1.54) is 39.0 Å². The van der Waals surface area contributed by atoms with Gasteiger partial charge in [0.15, 0.2) is 0 Å². The van der Waals surface area contributed by atoms with Gasteiger partial charge in [-0.25, -0.2) is 0 Å². The lowest BCUT2D eigenvalue weighted by atomic mass is 10.0. The molecule has 0 spiro atoms. The SMILES string of the molecule is C#CCN(CC1CC1)CC1CNC1. The summed E-state index contributed by atoms with van der Waals surface area (Å²) in [7, 11) is 0. The summed E-state index contributed by atoms with van der Waals surface area (Å²) < 4.78 is 0. The van der Waals surface area contributed by atoms with E-state index in [1.54, 1.807) is 0 Å². The molecule has 2 nitrogen and oxygen atoms in total. The fraction of sp³-hybridized carbons (Fsp3) is 0.818. The topological polar surface area (TPSA) is 15.3 Å². The van der Waals surface area contributed by atoms with Gasteiger partial charge in [-0.05, 0) is 24.7 Å². The first kappa shape index (κ1) is 9.05. The number of nitrogens with zero attached hydrogens (tertiary/aromatic N) is 1. The van der Waals surface area contributed by atoms with Crippen LogP contribution in [0.15, 0.2) is 0 Å². The van der Waals surface area contributed by atoms with E-state index in [0.29, 0.717) is 0 Å². The van der Waals surface area contributed by atoms with Crippen molar-refractivity contribution in [3.05, 3.63) is 0 Å². The summed E-state index contributed by atoms with van der Waals surface area (Å²) in [6, 6.07) is 0. The molecule has 72 valence electrons. The zero-order chi connectivity index (χ0) is 9.10. The molecule has 0 bridgehead atoms. The highest BCUT2D eigenvalue weighted by molar-refractivity contribution is 4.91. The van der Waals surface area contributed by atoms with Gasteiger partial charge in [0.2, 0.25) is 0 Å². The molecule has 1 N–H and O–H groups in total. The summed E-state index contributed by atoms with van der Waals surface area (Å²) in [5.74, 6) is 4.57. The molecule has 1 saturated heterocycles. The average molecular weight is 178 g/mol. The molecule has 2 rings (SSSR count). The van der Waals surface area contributed by atoms with Crippen molar-refractivity contribution < 1.29 is 0 Å². The van der Waals surface area contributed by atoms with Crippen LogP contribution < -0.4 is 5.32 Å². The predicted octanol–water partition coefficient (Wildman–Crippen LogP) is 0.551. The summed E-state index contributed by atoms with van der Waals surface area (Å²) in [6.45, 7) is 5.65. The van der Waals surface area contributed by atoms with Crippen molar-refractivity contribution in [3.63, 3.8) is 0 Å². The van der Waals surface area contributed by atoms with E-state index in [0.717, 1.165) is 18.4 Å². The van der Waals surface area contributed by atoms with Crippen molar-refractivity contribution in [2.75, 3.05) is 32.7 Å². The van der Waals surface area contributed by atoms with Gasteiger partial charge < -0.3 is 5.32 Å². The van der Waals surface area contributed by atoms with Crippen LogP contribution in [0.3, 0.4) is 0 Å². The highest BCUT2D eigenvalue weighted by atomic mass is 15.1. The van der Waals surface area contributed by atoms with Crippen LogP contribution in [0, 0.1) is 24.2 Å². The van der Waals surface area contributed by atoms with Crippen LogP contribution in [0.5, 0.6) is 0 Å². The fourth-order valence-electron chi connectivity index (χ4n) is 1.84. The van der Waals surface area contributed by atoms with Gasteiger partial charge in [0.1, 0.15) is 0 Å². The third-order valence-electron chi connectivity index (χ3n) is 2.91. The van der Waals surface area contributed by atoms with Gasteiger partial charge in [0.25, 0.3) is 0 Å². The van der Waals surface area contributed by atoms with Crippen molar-refractivity contribution in [3.8, 4) is 12.3 Å². The molecule has 0 atom stereocenters. The highest BCUT2D eigenvalue weighted by Gasteiger charge is 2.26. The Bertz CT molecular complexity index is 199. The lowest BCUT2D eigenvalue weighted by molar-refractivity contribution is 0.204.